The third-order valence-electron chi connectivity index (χ3n) is 4.97. The first-order valence-corrected chi connectivity index (χ1v) is 12.3. The van der Waals surface area contributed by atoms with Crippen molar-refractivity contribution in [3.8, 4) is 10.6 Å². The molecular weight excluding hydrogens is 476 g/mol. The van der Waals surface area contributed by atoms with Crippen molar-refractivity contribution in [2.45, 2.75) is 11.8 Å². The molecule has 0 saturated heterocycles. The van der Waals surface area contributed by atoms with Crippen LogP contribution in [-0.4, -0.2) is 60.1 Å². The maximum Gasteiger partial charge on any atom is 0.281 e. The lowest BCUT2D eigenvalue weighted by atomic mass is 10.2. The number of anilines is 1. The summed E-state index contributed by atoms with van der Waals surface area (Å²) in [4.78, 5) is 34.3. The Morgan fingerprint density at radius 3 is 2.44 bits per heavy atom. The van der Waals surface area contributed by atoms with Crippen LogP contribution in [0.25, 0.3) is 10.6 Å². The summed E-state index contributed by atoms with van der Waals surface area (Å²) in [5, 5.41) is 9.13. The van der Waals surface area contributed by atoms with Crippen molar-refractivity contribution >= 4 is 50.7 Å². The van der Waals surface area contributed by atoms with E-state index in [0.717, 1.165) is 9.18 Å². The van der Waals surface area contributed by atoms with Crippen molar-refractivity contribution in [1.29, 1.82) is 0 Å². The van der Waals surface area contributed by atoms with Gasteiger partial charge in [0.25, 0.3) is 17.8 Å². The van der Waals surface area contributed by atoms with Crippen LogP contribution in [0.1, 0.15) is 17.3 Å². The summed E-state index contributed by atoms with van der Waals surface area (Å²) in [6.45, 7) is 5.30. The lowest BCUT2D eigenvalue weighted by Crippen LogP contribution is -2.25. The molecule has 1 aliphatic rings. The highest BCUT2D eigenvalue weighted by Crippen LogP contribution is 2.27. The summed E-state index contributed by atoms with van der Waals surface area (Å²) in [5.74, 6) is -0.791. The Kier molecular flexibility index (Phi) is 6.13. The van der Waals surface area contributed by atoms with Gasteiger partial charge in [0.05, 0.1) is 21.1 Å². The number of aromatic nitrogens is 2. The minimum Gasteiger partial charge on any atom is -0.306 e. The third-order valence-corrected chi connectivity index (χ3v) is 7.69. The van der Waals surface area contributed by atoms with E-state index in [9.17, 15) is 18.0 Å². The Labute approximate surface area is 200 Å². The SMILES string of the molecule is C=C1C(=O)N=C(n2nc(-c3cccs3)cc2NC(=O)c2ccc(S(=O)(=O)N(C)C)cc2)N=C1C. The van der Waals surface area contributed by atoms with Gasteiger partial charge in [-0.15, -0.1) is 11.3 Å². The van der Waals surface area contributed by atoms with E-state index in [-0.39, 0.29) is 27.8 Å². The number of benzene rings is 1. The van der Waals surface area contributed by atoms with Gasteiger partial charge in [-0.3, -0.25) is 9.59 Å². The van der Waals surface area contributed by atoms with Gasteiger partial charge in [0.15, 0.2) is 0 Å². The fraction of sp³-hybridized carbons (Fsp3) is 0.136. The van der Waals surface area contributed by atoms with E-state index in [2.05, 4.69) is 27.0 Å². The number of carbonyl (C=O) groups is 2. The molecular formula is C22H20N6O4S2. The largest absolute Gasteiger partial charge is 0.306 e. The standard InChI is InChI=1S/C22H20N6O4S2/c1-13-14(2)23-22(25-20(13)29)28-19(12-17(26-28)18-6-5-11-33-18)24-21(30)15-7-9-16(10-8-15)34(31,32)27(3)4/h5-12H,1H2,2-4H3,(H,24,30). The van der Waals surface area contributed by atoms with Crippen molar-refractivity contribution < 1.29 is 18.0 Å². The second-order valence-corrected chi connectivity index (χ2v) is 10.6. The number of hydrogen-bond donors (Lipinski definition) is 1. The minimum atomic E-state index is -3.62. The molecule has 4 rings (SSSR count). The highest BCUT2D eigenvalue weighted by molar-refractivity contribution is 7.89. The second kappa shape index (κ2) is 8.89. The Morgan fingerprint density at radius 2 is 1.85 bits per heavy atom. The van der Waals surface area contributed by atoms with Crippen molar-refractivity contribution in [3.05, 3.63) is 65.6 Å². The molecule has 1 aromatic carbocycles. The van der Waals surface area contributed by atoms with E-state index in [1.54, 1.807) is 13.0 Å². The second-order valence-electron chi connectivity index (χ2n) is 7.46. The fourth-order valence-corrected chi connectivity index (χ4v) is 4.58. The Hall–Kier alpha value is -3.74. The number of amides is 2. The highest BCUT2D eigenvalue weighted by atomic mass is 32.2. The van der Waals surface area contributed by atoms with Gasteiger partial charge in [0, 0.05) is 25.7 Å². The number of nitrogens with zero attached hydrogens (tertiary/aromatic N) is 5. The number of hydrogen-bond acceptors (Lipinski definition) is 7. The molecule has 0 unspecified atom stereocenters. The summed E-state index contributed by atoms with van der Waals surface area (Å²) in [5.41, 5.74) is 1.38. The molecule has 0 aliphatic carbocycles. The molecule has 0 fully saturated rings. The molecule has 3 aromatic rings. The summed E-state index contributed by atoms with van der Waals surface area (Å²) in [7, 11) is -0.755. The minimum absolute atomic E-state index is 0.000399. The normalized spacial score (nSPS) is 14.2. The van der Waals surface area contributed by atoms with E-state index in [0.29, 0.717) is 11.4 Å². The van der Waals surface area contributed by atoms with Crippen molar-refractivity contribution in [2.75, 3.05) is 19.4 Å². The molecule has 2 amide bonds. The summed E-state index contributed by atoms with van der Waals surface area (Å²) < 4.78 is 26.9. The molecule has 0 atom stereocenters. The van der Waals surface area contributed by atoms with E-state index >= 15 is 0 Å². The summed E-state index contributed by atoms with van der Waals surface area (Å²) in [6.07, 6.45) is 0. The monoisotopic (exact) mass is 496 g/mol. The smallest absolute Gasteiger partial charge is 0.281 e. The molecule has 12 heteroatoms. The van der Waals surface area contributed by atoms with E-state index < -0.39 is 21.8 Å². The van der Waals surface area contributed by atoms with Gasteiger partial charge >= 0.3 is 0 Å². The average Bonchev–Trinajstić information content (AvgIpc) is 3.47. The maximum absolute atomic E-state index is 13.0. The molecule has 0 bridgehead atoms. The molecule has 3 heterocycles. The van der Waals surface area contributed by atoms with Crippen LogP contribution in [0.4, 0.5) is 5.82 Å². The first kappa shape index (κ1) is 23.4. The van der Waals surface area contributed by atoms with Gasteiger partial charge in [-0.2, -0.15) is 14.8 Å². The summed E-state index contributed by atoms with van der Waals surface area (Å²) in [6, 6.07) is 11.0. The number of aliphatic imine (C=N–C) groups is 2. The first-order valence-electron chi connectivity index (χ1n) is 9.94. The molecule has 0 spiro atoms. The Bertz CT molecular complexity index is 1460. The maximum atomic E-state index is 13.0. The number of sulfonamides is 1. The number of carbonyl (C=O) groups excluding carboxylic acids is 2. The zero-order valence-electron chi connectivity index (χ0n) is 18.5. The van der Waals surface area contributed by atoms with Crippen molar-refractivity contribution in [1.82, 2.24) is 14.1 Å². The van der Waals surface area contributed by atoms with Crippen molar-refractivity contribution in [3.63, 3.8) is 0 Å². The Balaban J connectivity index is 1.69. The number of thiophene rings is 1. The van der Waals surface area contributed by atoms with Crippen LogP contribution in [0, 0.1) is 0 Å². The third kappa shape index (κ3) is 4.38. The van der Waals surface area contributed by atoms with E-state index in [4.69, 9.17) is 0 Å². The van der Waals surface area contributed by atoms with Crippen LogP contribution < -0.4 is 5.32 Å². The van der Waals surface area contributed by atoms with Gasteiger partial charge in [-0.05, 0) is 42.6 Å². The molecule has 1 N–H and O–H groups in total. The van der Waals surface area contributed by atoms with Crippen LogP contribution in [0.2, 0.25) is 0 Å². The molecule has 34 heavy (non-hydrogen) atoms. The molecule has 0 saturated carbocycles. The molecule has 2 aromatic heterocycles. The highest BCUT2D eigenvalue weighted by Gasteiger charge is 2.23. The number of rotatable bonds is 5. The van der Waals surface area contributed by atoms with Gasteiger partial charge in [-0.1, -0.05) is 12.6 Å². The lowest BCUT2D eigenvalue weighted by molar-refractivity contribution is -0.113. The van der Waals surface area contributed by atoms with Gasteiger partial charge in [-0.25, -0.2) is 17.7 Å². The van der Waals surface area contributed by atoms with Crippen LogP contribution >= 0.6 is 11.3 Å². The van der Waals surface area contributed by atoms with Crippen molar-refractivity contribution in [2.24, 2.45) is 9.98 Å². The molecule has 0 radical (unpaired) electrons. The van der Waals surface area contributed by atoms with Crippen LogP contribution in [0.15, 0.2) is 74.9 Å². The van der Waals surface area contributed by atoms with Gasteiger partial charge < -0.3 is 5.32 Å². The van der Waals surface area contributed by atoms with E-state index in [1.807, 2.05) is 17.5 Å². The first-order chi connectivity index (χ1) is 16.1. The van der Waals surface area contributed by atoms with E-state index in [1.165, 1.54) is 54.4 Å². The van der Waals surface area contributed by atoms with Crippen LogP contribution in [-0.2, 0) is 14.8 Å². The fourth-order valence-electron chi connectivity index (χ4n) is 3.00. The van der Waals surface area contributed by atoms with Gasteiger partial charge in [0.2, 0.25) is 10.0 Å². The molecule has 174 valence electrons. The van der Waals surface area contributed by atoms with Crippen LogP contribution in [0.5, 0.6) is 0 Å². The predicted molar refractivity (Wildman–Crippen MR) is 131 cm³/mol. The Morgan fingerprint density at radius 1 is 1.15 bits per heavy atom. The molecule has 1 aliphatic heterocycles. The average molecular weight is 497 g/mol. The predicted octanol–water partition coefficient (Wildman–Crippen LogP) is 2.88. The van der Waals surface area contributed by atoms with Gasteiger partial charge in [0.1, 0.15) is 11.5 Å². The quantitative estimate of drug-likeness (QED) is 0.544. The zero-order valence-corrected chi connectivity index (χ0v) is 20.1. The van der Waals surface area contributed by atoms with Crippen LogP contribution in [0.3, 0.4) is 0 Å². The zero-order chi connectivity index (χ0) is 24.6. The lowest BCUT2D eigenvalue weighted by Gasteiger charge is -2.13. The number of nitrogens with one attached hydrogen (secondary N) is 1. The summed E-state index contributed by atoms with van der Waals surface area (Å²) >= 11 is 1.46. The topological polar surface area (TPSA) is 126 Å². The molecule has 10 nitrogen and oxygen atoms in total.